The molecule has 3 nitrogen and oxygen atoms in total. The van der Waals surface area contributed by atoms with Crippen molar-refractivity contribution in [1.29, 1.82) is 0 Å². The molecule has 0 saturated heterocycles. The van der Waals surface area contributed by atoms with Crippen molar-refractivity contribution in [2.45, 2.75) is 13.8 Å². The number of carbonyl (C=O) groups excluding carboxylic acids is 1. The SMILES string of the molecule is CCN=C=O.C[CH-]CO.[Rf].[Rf].[Rf]. The molecular formula is C6H12NO2Rf3-. The van der Waals surface area contributed by atoms with Crippen LogP contribution < -0.4 is 0 Å². The molecule has 0 aliphatic carbocycles. The van der Waals surface area contributed by atoms with Crippen molar-refractivity contribution in [1.82, 2.24) is 0 Å². The molecule has 0 aliphatic rings. The van der Waals surface area contributed by atoms with E-state index >= 15 is 0 Å². The molecule has 12 heavy (non-hydrogen) atoms. The zero-order chi connectivity index (χ0) is 7.54. The molecule has 0 fully saturated rings. The third-order valence-electron chi connectivity index (χ3n) is 0.405. The van der Waals surface area contributed by atoms with Gasteiger partial charge >= 0.3 is 0 Å². The van der Waals surface area contributed by atoms with Crippen LogP contribution in [0.3, 0.4) is 0 Å². The van der Waals surface area contributed by atoms with Crippen LogP contribution >= 0.6 is 0 Å². The van der Waals surface area contributed by atoms with Gasteiger partial charge in [-0.15, -0.1) is 0 Å². The average Bonchev–Trinajstić information content (AvgIpc) is 1.91. The summed E-state index contributed by atoms with van der Waals surface area (Å²) in [6.07, 6.45) is 3.07. The van der Waals surface area contributed by atoms with Gasteiger partial charge in [0.2, 0.25) is 6.08 Å². The molecular weight excluding hydrogens is 919 g/mol. The zero-order valence-electron chi connectivity index (χ0n) is 7.92. The molecule has 0 aromatic heterocycles. The summed E-state index contributed by atoms with van der Waals surface area (Å²) in [4.78, 5) is 12.3. The Balaban J connectivity index is -0.0000000221. The molecule has 0 amide bonds. The Morgan fingerprint density at radius 1 is 1.42 bits per heavy atom. The molecule has 0 unspecified atom stereocenters. The Morgan fingerprint density at radius 3 is 1.75 bits per heavy atom. The number of isocyanates is 1. The maximum Gasteiger partial charge on any atom is 0.234 e. The van der Waals surface area contributed by atoms with E-state index in [9.17, 15) is 0 Å². The van der Waals surface area contributed by atoms with Crippen LogP contribution in [0.2, 0.25) is 0 Å². The second kappa shape index (κ2) is 164. The van der Waals surface area contributed by atoms with E-state index in [0.717, 1.165) is 0 Å². The summed E-state index contributed by atoms with van der Waals surface area (Å²) < 4.78 is 0. The molecule has 0 bridgehead atoms. The predicted octanol–water partition coefficient (Wildman–Crippen LogP) is 0.545. The Bertz CT molecular complexity index is 84.9. The first-order valence-corrected chi connectivity index (χ1v) is 2.75. The van der Waals surface area contributed by atoms with E-state index < -0.39 is 0 Å². The third kappa shape index (κ3) is 415. The number of aliphatic imine (C=N–C) groups is 1. The van der Waals surface area contributed by atoms with Crippen LogP contribution in [0.5, 0.6) is 0 Å². The fraction of sp³-hybridized carbons (Fsp3) is 0.667. The first kappa shape index (κ1) is 40.3. The number of rotatable bonds is 2. The average molecular weight is 931 g/mol. The minimum atomic E-state index is 0. The molecule has 60 valence electrons. The summed E-state index contributed by atoms with van der Waals surface area (Å²) in [7, 11) is 0. The van der Waals surface area contributed by atoms with Crippen molar-refractivity contribution >= 4 is 6.08 Å². The number of hydrogen-bond donors (Lipinski definition) is 1. The van der Waals surface area contributed by atoms with Crippen LogP contribution in [0.25, 0.3) is 0 Å². The minimum Gasteiger partial charge on any atom is -0.428 e. The Morgan fingerprint density at radius 2 is 1.75 bits per heavy atom. The van der Waals surface area contributed by atoms with Gasteiger partial charge in [-0.3, -0.25) is 0 Å². The predicted molar refractivity (Wildman–Crippen MR) is 35.7 cm³/mol. The second-order valence-corrected chi connectivity index (χ2v) is 1.16. The summed E-state index contributed by atoms with van der Waals surface area (Å²) in [5.41, 5.74) is 0. The fourth-order valence-corrected chi connectivity index (χ4v) is 0.0645. The summed E-state index contributed by atoms with van der Waals surface area (Å²) in [5.74, 6) is 0. The summed E-state index contributed by atoms with van der Waals surface area (Å²) in [6, 6.07) is 0. The topological polar surface area (TPSA) is 49.7 Å². The normalized spacial score (nSPS) is 4.92. The van der Waals surface area contributed by atoms with Gasteiger partial charge in [-0.1, -0.05) is 6.61 Å². The number of nitrogens with zero attached hydrogens (tertiary/aromatic N) is 1. The summed E-state index contributed by atoms with van der Waals surface area (Å²) in [5, 5.41) is 7.82. The van der Waals surface area contributed by atoms with Gasteiger partial charge in [0.15, 0.2) is 0 Å². The molecule has 0 aliphatic heterocycles. The van der Waals surface area contributed by atoms with Gasteiger partial charge in [0.1, 0.15) is 0 Å². The third-order valence-corrected chi connectivity index (χ3v) is 0.405. The Labute approximate surface area is 55.4 Å². The molecule has 0 atom stereocenters. The second-order valence-electron chi connectivity index (χ2n) is 1.16. The van der Waals surface area contributed by atoms with Crippen molar-refractivity contribution in [2.75, 3.05) is 13.2 Å². The van der Waals surface area contributed by atoms with Gasteiger partial charge in [0, 0.05) is 6.54 Å². The molecule has 0 saturated carbocycles. The van der Waals surface area contributed by atoms with E-state index in [1.807, 2.05) is 0 Å². The first-order chi connectivity index (χ1) is 4.33. The number of aliphatic hydroxyl groups is 1. The number of hydrogen-bond acceptors (Lipinski definition) is 3. The van der Waals surface area contributed by atoms with Gasteiger partial charge in [-0.25, -0.2) is 9.79 Å². The molecule has 0 aromatic rings. The van der Waals surface area contributed by atoms with Crippen LogP contribution in [0, 0.1) is 6.42 Å². The minimum absolute atomic E-state index is 0. The molecule has 1 N–H and O–H groups in total. The van der Waals surface area contributed by atoms with Gasteiger partial charge in [-0.05, 0) is 6.92 Å². The van der Waals surface area contributed by atoms with E-state index in [2.05, 4.69) is 4.99 Å². The summed E-state index contributed by atoms with van der Waals surface area (Å²) in [6.45, 7) is 4.33. The smallest absolute Gasteiger partial charge is 0.234 e. The van der Waals surface area contributed by atoms with E-state index in [-0.39, 0.29) is 6.61 Å². The molecule has 0 heterocycles. The molecule has 0 rings (SSSR count). The van der Waals surface area contributed by atoms with Crippen molar-refractivity contribution in [3.05, 3.63) is 6.42 Å². The Kier molecular flexibility index (Phi) is 552. The largest absolute Gasteiger partial charge is 0.428 e. The monoisotopic (exact) mass is 931 g/mol. The van der Waals surface area contributed by atoms with Gasteiger partial charge in [-0.2, -0.15) is 6.92 Å². The van der Waals surface area contributed by atoms with E-state index in [1.54, 1.807) is 20.3 Å². The molecule has 6 heteroatoms. The maximum absolute atomic E-state index is 9.11. The zero-order valence-corrected chi connectivity index (χ0v) is 27.1. The first-order valence-electron chi connectivity index (χ1n) is 2.75. The standard InChI is InChI=1S/C3H5NO.C3H7O.3Rf/c1-2-4-3-5;1-2-3-4;;;/h2H2,1H3;2,4H,3H2,1H3;;;/q;-1;;;. The van der Waals surface area contributed by atoms with Crippen LogP contribution in [-0.2, 0) is 4.79 Å². The Hall–Kier alpha value is -3.66. The van der Waals surface area contributed by atoms with Crippen LogP contribution in [0.1, 0.15) is 13.8 Å². The van der Waals surface area contributed by atoms with Crippen LogP contribution in [0.15, 0.2) is 4.99 Å². The van der Waals surface area contributed by atoms with Gasteiger partial charge in [0.05, 0.1) is 0 Å². The van der Waals surface area contributed by atoms with E-state index in [0.29, 0.717) is 6.54 Å². The van der Waals surface area contributed by atoms with Crippen molar-refractivity contribution < 1.29 is 9.90 Å². The van der Waals surface area contributed by atoms with E-state index in [4.69, 9.17) is 9.90 Å². The van der Waals surface area contributed by atoms with E-state index in [1.165, 1.54) is 6.08 Å². The van der Waals surface area contributed by atoms with Gasteiger partial charge < -0.3 is 11.5 Å². The molecule has 0 spiro atoms. The molecule has 0 aromatic carbocycles. The summed E-state index contributed by atoms with van der Waals surface area (Å²) >= 11 is 0. The maximum atomic E-state index is 9.11. The van der Waals surface area contributed by atoms with Crippen molar-refractivity contribution in [2.24, 2.45) is 4.99 Å². The van der Waals surface area contributed by atoms with Crippen LogP contribution in [0.4, 0.5) is 0 Å². The quantitative estimate of drug-likeness (QED) is 0.250. The fourth-order valence-electron chi connectivity index (χ4n) is 0.0645. The van der Waals surface area contributed by atoms with Crippen molar-refractivity contribution in [3.63, 3.8) is 0 Å². The molecule has 0 radical (unpaired) electrons. The number of aliphatic hydroxyl groups excluding tert-OH is 1. The van der Waals surface area contributed by atoms with Crippen LogP contribution in [-0.4, -0.2) is 24.3 Å². The van der Waals surface area contributed by atoms with Crippen molar-refractivity contribution in [3.8, 4) is 0 Å². The van der Waals surface area contributed by atoms with Gasteiger partial charge in [0.25, 0.3) is 0 Å².